The molecule has 0 bridgehead atoms. The summed E-state index contributed by atoms with van der Waals surface area (Å²) < 4.78 is 0. The predicted molar refractivity (Wildman–Crippen MR) is 108 cm³/mol. The van der Waals surface area contributed by atoms with Gasteiger partial charge < -0.3 is 10.2 Å². The molecule has 0 spiro atoms. The second kappa shape index (κ2) is 8.70. The molecule has 0 aromatic heterocycles. The van der Waals surface area contributed by atoms with Crippen LogP contribution in [-0.2, 0) is 6.54 Å². The molecular formula is C22H28ClN2O+. The Labute approximate surface area is 161 Å². The summed E-state index contributed by atoms with van der Waals surface area (Å²) in [6.07, 6.45) is 6.83. The second-order valence-electron chi connectivity index (χ2n) is 7.47. The first-order valence-electron chi connectivity index (χ1n) is 9.51. The maximum atomic E-state index is 12.4. The van der Waals surface area contributed by atoms with Crippen molar-refractivity contribution in [1.29, 1.82) is 0 Å². The number of amides is 1. The topological polar surface area (TPSA) is 33.5 Å². The zero-order chi connectivity index (χ0) is 18.5. The minimum Gasteiger partial charge on any atom is -0.331 e. The lowest BCUT2D eigenvalue weighted by Gasteiger charge is -2.28. The van der Waals surface area contributed by atoms with E-state index >= 15 is 0 Å². The third-order valence-electron chi connectivity index (χ3n) is 5.43. The zero-order valence-corrected chi connectivity index (χ0v) is 16.4. The van der Waals surface area contributed by atoms with Crippen molar-refractivity contribution in [3.8, 4) is 0 Å². The maximum Gasteiger partial charge on any atom is 0.255 e. The Morgan fingerprint density at radius 2 is 1.81 bits per heavy atom. The summed E-state index contributed by atoms with van der Waals surface area (Å²) in [5.41, 5.74) is 3.67. The lowest BCUT2D eigenvalue weighted by atomic mass is 9.94. The number of hydrogen-bond donors (Lipinski definition) is 2. The molecule has 138 valence electrons. The quantitative estimate of drug-likeness (QED) is 0.809. The van der Waals surface area contributed by atoms with Crippen LogP contribution < -0.4 is 10.2 Å². The smallest absolute Gasteiger partial charge is 0.255 e. The monoisotopic (exact) mass is 371 g/mol. The Morgan fingerprint density at radius 3 is 2.46 bits per heavy atom. The van der Waals surface area contributed by atoms with Crippen LogP contribution in [0.25, 0.3) is 0 Å². The van der Waals surface area contributed by atoms with Crippen LogP contribution in [0, 0.1) is 6.92 Å². The van der Waals surface area contributed by atoms with Gasteiger partial charge in [-0.15, -0.1) is 0 Å². The molecule has 3 nitrogen and oxygen atoms in total. The van der Waals surface area contributed by atoms with Gasteiger partial charge in [-0.2, -0.15) is 0 Å². The fourth-order valence-corrected chi connectivity index (χ4v) is 3.89. The van der Waals surface area contributed by atoms with Gasteiger partial charge in [-0.25, -0.2) is 0 Å². The summed E-state index contributed by atoms with van der Waals surface area (Å²) in [4.78, 5) is 14.0. The van der Waals surface area contributed by atoms with Crippen molar-refractivity contribution < 1.29 is 9.69 Å². The second-order valence-corrected chi connectivity index (χ2v) is 7.88. The van der Waals surface area contributed by atoms with E-state index in [1.807, 2.05) is 25.1 Å². The number of carbonyl (C=O) groups excluding carboxylic acids is 1. The molecule has 0 aliphatic heterocycles. The molecule has 0 saturated heterocycles. The molecule has 1 unspecified atom stereocenters. The molecule has 1 aliphatic carbocycles. The summed E-state index contributed by atoms with van der Waals surface area (Å²) in [7, 11) is 2.30. The molecular weight excluding hydrogens is 344 g/mol. The third kappa shape index (κ3) is 4.87. The molecule has 4 heteroatoms. The maximum absolute atomic E-state index is 12.4. The number of anilines is 1. The van der Waals surface area contributed by atoms with Gasteiger partial charge in [0, 0.05) is 21.8 Å². The van der Waals surface area contributed by atoms with Gasteiger partial charge in [0.15, 0.2) is 0 Å². The van der Waals surface area contributed by atoms with E-state index in [0.29, 0.717) is 10.6 Å². The van der Waals surface area contributed by atoms with Crippen LogP contribution in [-0.4, -0.2) is 19.0 Å². The average Bonchev–Trinajstić information content (AvgIpc) is 2.66. The molecule has 0 heterocycles. The van der Waals surface area contributed by atoms with E-state index in [9.17, 15) is 4.79 Å². The summed E-state index contributed by atoms with van der Waals surface area (Å²) in [6.45, 7) is 2.96. The predicted octanol–water partition coefficient (Wildman–Crippen LogP) is 4.25. The number of rotatable bonds is 5. The van der Waals surface area contributed by atoms with E-state index in [-0.39, 0.29) is 5.91 Å². The molecule has 1 amide bonds. The van der Waals surface area contributed by atoms with Gasteiger partial charge in [0.25, 0.3) is 5.91 Å². The Morgan fingerprint density at radius 1 is 1.12 bits per heavy atom. The highest BCUT2D eigenvalue weighted by atomic mass is 35.5. The first-order valence-corrected chi connectivity index (χ1v) is 9.89. The first kappa shape index (κ1) is 18.9. The fourth-order valence-electron chi connectivity index (χ4n) is 3.70. The van der Waals surface area contributed by atoms with Crippen LogP contribution in [0.15, 0.2) is 42.5 Å². The van der Waals surface area contributed by atoms with E-state index < -0.39 is 0 Å². The van der Waals surface area contributed by atoms with Crippen molar-refractivity contribution in [2.75, 3.05) is 12.4 Å². The summed E-state index contributed by atoms with van der Waals surface area (Å²) in [6, 6.07) is 14.4. The molecule has 2 aromatic carbocycles. The van der Waals surface area contributed by atoms with Crippen LogP contribution in [0.4, 0.5) is 5.69 Å². The molecule has 0 radical (unpaired) electrons. The van der Waals surface area contributed by atoms with Crippen molar-refractivity contribution in [3.63, 3.8) is 0 Å². The molecule has 1 aliphatic rings. The van der Waals surface area contributed by atoms with Crippen molar-refractivity contribution in [1.82, 2.24) is 0 Å². The number of halogens is 1. The van der Waals surface area contributed by atoms with Crippen molar-refractivity contribution in [2.45, 2.75) is 51.6 Å². The number of aryl methyl sites for hydroxylation is 1. The minimum absolute atomic E-state index is 0.135. The summed E-state index contributed by atoms with van der Waals surface area (Å²) >= 11 is 6.11. The molecule has 1 saturated carbocycles. The van der Waals surface area contributed by atoms with Crippen molar-refractivity contribution >= 4 is 23.2 Å². The molecule has 2 N–H and O–H groups in total. The van der Waals surface area contributed by atoms with E-state index in [1.54, 1.807) is 17.0 Å². The normalized spacial score (nSPS) is 16.3. The average molecular weight is 372 g/mol. The van der Waals surface area contributed by atoms with Crippen LogP contribution in [0.5, 0.6) is 0 Å². The Hall–Kier alpha value is -1.84. The number of hydrogen-bond acceptors (Lipinski definition) is 1. The minimum atomic E-state index is -0.135. The van der Waals surface area contributed by atoms with Gasteiger partial charge in [0.1, 0.15) is 6.54 Å². The van der Waals surface area contributed by atoms with Crippen LogP contribution in [0.1, 0.15) is 53.6 Å². The Kier molecular flexibility index (Phi) is 6.33. The van der Waals surface area contributed by atoms with E-state index in [1.165, 1.54) is 37.7 Å². The van der Waals surface area contributed by atoms with E-state index in [4.69, 9.17) is 11.6 Å². The first-order chi connectivity index (χ1) is 12.5. The number of benzene rings is 2. The fraction of sp³-hybridized carbons (Fsp3) is 0.409. The van der Waals surface area contributed by atoms with Crippen LogP contribution in [0.2, 0.25) is 5.02 Å². The van der Waals surface area contributed by atoms with Crippen molar-refractivity contribution in [3.05, 3.63) is 64.2 Å². The summed E-state index contributed by atoms with van der Waals surface area (Å²) in [5, 5.41) is 3.56. The molecule has 1 fully saturated rings. The van der Waals surface area contributed by atoms with Crippen molar-refractivity contribution in [2.24, 2.45) is 0 Å². The van der Waals surface area contributed by atoms with Gasteiger partial charge in [0.2, 0.25) is 0 Å². The van der Waals surface area contributed by atoms with Crippen LogP contribution in [0.3, 0.4) is 0 Å². The lowest BCUT2D eigenvalue weighted by molar-refractivity contribution is -0.921. The van der Waals surface area contributed by atoms with E-state index in [2.05, 4.69) is 24.5 Å². The highest BCUT2D eigenvalue weighted by molar-refractivity contribution is 6.31. The van der Waals surface area contributed by atoms with Gasteiger partial charge in [-0.1, -0.05) is 36.2 Å². The van der Waals surface area contributed by atoms with Gasteiger partial charge in [0.05, 0.1) is 13.1 Å². The number of quaternary nitrogens is 1. The molecule has 3 rings (SSSR count). The zero-order valence-electron chi connectivity index (χ0n) is 15.6. The van der Waals surface area contributed by atoms with Gasteiger partial charge >= 0.3 is 0 Å². The highest BCUT2D eigenvalue weighted by Crippen LogP contribution is 2.18. The number of nitrogens with one attached hydrogen (secondary N) is 2. The highest BCUT2D eigenvalue weighted by Gasteiger charge is 2.21. The Bertz CT molecular complexity index is 751. The molecule has 1 atom stereocenters. The summed E-state index contributed by atoms with van der Waals surface area (Å²) in [5.74, 6) is -0.135. The molecule has 2 aromatic rings. The largest absolute Gasteiger partial charge is 0.331 e. The molecule has 26 heavy (non-hydrogen) atoms. The van der Waals surface area contributed by atoms with E-state index in [0.717, 1.165) is 23.8 Å². The SMILES string of the molecule is Cc1ccc(C(=O)Nc2ccc(C[NH+](C)C3CCCCC3)cc2)cc1Cl. The van der Waals surface area contributed by atoms with Gasteiger partial charge in [-0.05, 0) is 62.4 Å². The number of carbonyl (C=O) groups is 1. The van der Waals surface area contributed by atoms with Gasteiger partial charge in [-0.3, -0.25) is 4.79 Å². The standard InChI is InChI=1S/C22H27ClN2O/c1-16-8-11-18(14-21(16)23)22(26)24-19-12-9-17(10-13-19)15-25(2)20-6-4-3-5-7-20/h8-14,20H,3-7,15H2,1-2H3,(H,24,26)/p+1. The van der Waals surface area contributed by atoms with Crippen LogP contribution >= 0.6 is 11.6 Å². The lowest BCUT2D eigenvalue weighted by Crippen LogP contribution is -3.11. The Balaban J connectivity index is 1.58. The third-order valence-corrected chi connectivity index (χ3v) is 5.84.